The van der Waals surface area contributed by atoms with E-state index >= 15 is 0 Å². The molecular weight excluding hydrogens is 341 g/mol. The summed E-state index contributed by atoms with van der Waals surface area (Å²) in [6.07, 6.45) is -4.31. The SMILES string of the molecule is CON=CC(=O)NC1CN(c2[nH]nc(C(F)(F)F)c2[N+](=O)[O-])C1=O. The van der Waals surface area contributed by atoms with E-state index in [9.17, 15) is 32.9 Å². The fraction of sp³-hybridized carbons (Fsp3) is 0.400. The molecule has 2 amide bonds. The van der Waals surface area contributed by atoms with Crippen molar-refractivity contribution in [1.29, 1.82) is 0 Å². The van der Waals surface area contributed by atoms with Crippen molar-refractivity contribution in [2.75, 3.05) is 18.6 Å². The van der Waals surface area contributed by atoms with Crippen molar-refractivity contribution < 1.29 is 32.5 Å². The molecule has 1 fully saturated rings. The van der Waals surface area contributed by atoms with E-state index in [0.717, 1.165) is 6.21 Å². The number of H-pyrrole nitrogens is 1. The van der Waals surface area contributed by atoms with Crippen molar-refractivity contribution in [3.63, 3.8) is 0 Å². The second kappa shape index (κ2) is 6.13. The summed E-state index contributed by atoms with van der Waals surface area (Å²) in [5, 5.41) is 20.9. The van der Waals surface area contributed by atoms with Gasteiger partial charge in [0.1, 0.15) is 19.4 Å². The fourth-order valence-corrected chi connectivity index (χ4v) is 1.93. The third-order valence-corrected chi connectivity index (χ3v) is 2.96. The van der Waals surface area contributed by atoms with Crippen LogP contribution in [0.5, 0.6) is 0 Å². The highest BCUT2D eigenvalue weighted by Gasteiger charge is 2.49. The number of β-lactam (4-membered cyclic amide) rings is 1. The van der Waals surface area contributed by atoms with Crippen molar-refractivity contribution in [3.8, 4) is 0 Å². The molecule has 2 heterocycles. The minimum atomic E-state index is -5.06. The van der Waals surface area contributed by atoms with Gasteiger partial charge in [-0.1, -0.05) is 5.16 Å². The van der Waals surface area contributed by atoms with Gasteiger partial charge in [0.05, 0.1) is 11.5 Å². The molecule has 1 atom stereocenters. The lowest BCUT2D eigenvalue weighted by molar-refractivity contribution is -0.387. The van der Waals surface area contributed by atoms with E-state index in [1.807, 2.05) is 5.10 Å². The van der Waals surface area contributed by atoms with Gasteiger partial charge in [-0.25, -0.2) is 0 Å². The standard InChI is InChI=1S/C10H9F3N6O5/c1-24-14-2-5(20)15-4-3-18(9(4)21)8-6(19(22)23)7(16-17-8)10(11,12)13/h2,4H,3H2,1H3,(H,15,20)(H,16,17). The minimum absolute atomic E-state index is 0.272. The molecule has 0 saturated carbocycles. The second-order valence-electron chi connectivity index (χ2n) is 4.45. The van der Waals surface area contributed by atoms with E-state index in [1.54, 1.807) is 0 Å². The molecule has 2 rings (SSSR count). The molecule has 1 aromatic rings. The lowest BCUT2D eigenvalue weighted by Crippen LogP contribution is -2.64. The van der Waals surface area contributed by atoms with Crippen LogP contribution in [0.3, 0.4) is 0 Å². The molecule has 130 valence electrons. The van der Waals surface area contributed by atoms with Gasteiger partial charge < -0.3 is 10.2 Å². The number of aromatic nitrogens is 2. The summed E-state index contributed by atoms with van der Waals surface area (Å²) in [7, 11) is 1.19. The Bertz CT molecular complexity index is 714. The lowest BCUT2D eigenvalue weighted by Gasteiger charge is -2.36. The van der Waals surface area contributed by atoms with Gasteiger partial charge in [0.25, 0.3) is 11.8 Å². The summed E-state index contributed by atoms with van der Waals surface area (Å²) in [6, 6.07) is -1.06. The van der Waals surface area contributed by atoms with E-state index < -0.39 is 46.2 Å². The van der Waals surface area contributed by atoms with Crippen LogP contribution in [-0.4, -0.2) is 52.8 Å². The second-order valence-corrected chi connectivity index (χ2v) is 4.45. The van der Waals surface area contributed by atoms with Gasteiger partial charge >= 0.3 is 11.9 Å². The van der Waals surface area contributed by atoms with Gasteiger partial charge in [-0.3, -0.25) is 29.7 Å². The minimum Gasteiger partial charge on any atom is -0.399 e. The normalized spacial score (nSPS) is 17.8. The quantitative estimate of drug-likeness (QED) is 0.326. The van der Waals surface area contributed by atoms with Crippen molar-refractivity contribution in [1.82, 2.24) is 15.5 Å². The first-order valence-corrected chi connectivity index (χ1v) is 6.15. The number of carbonyl (C=O) groups excluding carboxylic acids is 2. The number of oxime groups is 1. The number of nitrogens with zero attached hydrogens (tertiary/aromatic N) is 4. The van der Waals surface area contributed by atoms with Crippen LogP contribution in [0.25, 0.3) is 0 Å². The number of nitro groups is 1. The molecule has 1 aliphatic heterocycles. The first-order chi connectivity index (χ1) is 11.2. The molecule has 1 saturated heterocycles. The molecule has 2 N–H and O–H groups in total. The van der Waals surface area contributed by atoms with Gasteiger partial charge in [-0.15, -0.1) is 0 Å². The number of halogens is 3. The van der Waals surface area contributed by atoms with Crippen LogP contribution >= 0.6 is 0 Å². The maximum absolute atomic E-state index is 12.7. The molecule has 1 unspecified atom stereocenters. The monoisotopic (exact) mass is 350 g/mol. The average Bonchev–Trinajstić information content (AvgIpc) is 2.93. The van der Waals surface area contributed by atoms with Crippen molar-refractivity contribution >= 4 is 29.5 Å². The molecule has 11 nitrogen and oxygen atoms in total. The topological polar surface area (TPSA) is 143 Å². The van der Waals surface area contributed by atoms with Gasteiger partial charge in [0.15, 0.2) is 0 Å². The van der Waals surface area contributed by atoms with Crippen LogP contribution in [0.1, 0.15) is 5.69 Å². The maximum atomic E-state index is 12.7. The smallest absolute Gasteiger partial charge is 0.399 e. The number of amides is 2. The number of alkyl halides is 3. The molecule has 0 aliphatic carbocycles. The Balaban J connectivity index is 2.17. The van der Waals surface area contributed by atoms with Crippen LogP contribution < -0.4 is 10.2 Å². The van der Waals surface area contributed by atoms with Crippen molar-refractivity contribution in [2.45, 2.75) is 12.2 Å². The Morgan fingerprint density at radius 1 is 1.62 bits per heavy atom. The van der Waals surface area contributed by atoms with E-state index in [-0.39, 0.29) is 6.54 Å². The fourth-order valence-electron chi connectivity index (χ4n) is 1.93. The van der Waals surface area contributed by atoms with E-state index in [1.165, 1.54) is 7.11 Å². The summed E-state index contributed by atoms with van der Waals surface area (Å²) >= 11 is 0. The molecule has 0 spiro atoms. The predicted octanol–water partition coefficient (Wildman–Crippen LogP) is -0.200. The molecular formula is C10H9F3N6O5. The van der Waals surface area contributed by atoms with Gasteiger partial charge in [-0.05, 0) is 0 Å². The van der Waals surface area contributed by atoms with Crippen molar-refractivity contribution in [2.24, 2.45) is 5.16 Å². The molecule has 0 radical (unpaired) electrons. The molecule has 1 aromatic heterocycles. The zero-order valence-corrected chi connectivity index (χ0v) is 11.8. The largest absolute Gasteiger partial charge is 0.442 e. The summed E-state index contributed by atoms with van der Waals surface area (Å²) in [5.41, 5.74) is -3.10. The third-order valence-electron chi connectivity index (χ3n) is 2.96. The summed E-state index contributed by atoms with van der Waals surface area (Å²) in [4.78, 5) is 37.7. The number of carbonyl (C=O) groups is 2. The van der Waals surface area contributed by atoms with E-state index in [0.29, 0.717) is 4.90 Å². The molecule has 14 heteroatoms. The number of anilines is 1. The maximum Gasteiger partial charge on any atom is 0.442 e. The van der Waals surface area contributed by atoms with Crippen molar-refractivity contribution in [3.05, 3.63) is 15.8 Å². The third kappa shape index (κ3) is 3.11. The number of nitrogens with one attached hydrogen (secondary N) is 2. The van der Waals surface area contributed by atoms with Crippen LogP contribution in [0, 0.1) is 10.1 Å². The Kier molecular flexibility index (Phi) is 4.39. The molecule has 24 heavy (non-hydrogen) atoms. The predicted molar refractivity (Wildman–Crippen MR) is 70.0 cm³/mol. The highest BCUT2D eigenvalue weighted by atomic mass is 19.4. The van der Waals surface area contributed by atoms with Crippen LogP contribution in [0.4, 0.5) is 24.7 Å². The van der Waals surface area contributed by atoms with Gasteiger partial charge in [0.2, 0.25) is 11.5 Å². The zero-order valence-electron chi connectivity index (χ0n) is 11.8. The van der Waals surface area contributed by atoms with E-state index in [4.69, 9.17) is 0 Å². The molecule has 0 bridgehead atoms. The van der Waals surface area contributed by atoms with Crippen LogP contribution in [0.2, 0.25) is 0 Å². The number of hydrogen-bond donors (Lipinski definition) is 2. The zero-order chi connectivity index (χ0) is 18.1. The van der Waals surface area contributed by atoms with Crippen LogP contribution in [-0.2, 0) is 20.6 Å². The number of rotatable bonds is 5. The highest BCUT2D eigenvalue weighted by Crippen LogP contribution is 2.40. The first-order valence-electron chi connectivity index (χ1n) is 6.15. The number of hydrogen-bond acceptors (Lipinski definition) is 7. The Labute approximate surface area is 130 Å². The first kappa shape index (κ1) is 17.2. The Morgan fingerprint density at radius 3 is 2.79 bits per heavy atom. The summed E-state index contributed by atoms with van der Waals surface area (Å²) in [5.74, 6) is -2.31. The summed E-state index contributed by atoms with van der Waals surface area (Å²) in [6.45, 7) is -0.272. The van der Waals surface area contributed by atoms with Crippen LogP contribution in [0.15, 0.2) is 5.16 Å². The molecule has 0 aromatic carbocycles. The van der Waals surface area contributed by atoms with Gasteiger partial charge in [0, 0.05) is 0 Å². The lowest BCUT2D eigenvalue weighted by atomic mass is 10.1. The Hall–Kier alpha value is -3.19. The average molecular weight is 350 g/mol. The summed E-state index contributed by atoms with van der Waals surface area (Å²) < 4.78 is 38.1. The molecule has 1 aliphatic rings. The highest BCUT2D eigenvalue weighted by molar-refractivity contribution is 6.27. The Morgan fingerprint density at radius 2 is 2.29 bits per heavy atom. The van der Waals surface area contributed by atoms with E-state index in [2.05, 4.69) is 20.4 Å². The number of aromatic amines is 1. The van der Waals surface area contributed by atoms with Gasteiger partial charge in [-0.2, -0.15) is 18.3 Å².